The first kappa shape index (κ1) is 8.78. The normalized spacial score (nSPS) is 12.2. The molecule has 0 heterocycles. The highest BCUT2D eigenvalue weighted by molar-refractivity contribution is 5.61. The van der Waals surface area contributed by atoms with Crippen LogP contribution in [0.25, 0.3) is 0 Å². The van der Waals surface area contributed by atoms with Crippen LogP contribution in [-0.4, -0.2) is 13.4 Å². The van der Waals surface area contributed by atoms with Crippen LogP contribution < -0.4 is 4.74 Å². The second-order valence-electron chi connectivity index (χ2n) is 2.70. The van der Waals surface area contributed by atoms with Gasteiger partial charge >= 0.3 is 0 Å². The van der Waals surface area contributed by atoms with E-state index >= 15 is 0 Å². The highest BCUT2D eigenvalue weighted by atomic mass is 16.5. The molecule has 12 heavy (non-hydrogen) atoms. The van der Waals surface area contributed by atoms with Crippen molar-refractivity contribution in [2.24, 2.45) is 0 Å². The summed E-state index contributed by atoms with van der Waals surface area (Å²) in [5, 5.41) is 0. The zero-order valence-electron chi connectivity index (χ0n) is 7.28. The van der Waals surface area contributed by atoms with Gasteiger partial charge in [-0.15, -0.1) is 0 Å². The fourth-order valence-corrected chi connectivity index (χ4v) is 1.00. The molecule has 2 heteroatoms. The molecule has 0 aliphatic rings. The van der Waals surface area contributed by atoms with Crippen LogP contribution in [0.5, 0.6) is 5.75 Å². The van der Waals surface area contributed by atoms with Gasteiger partial charge in [-0.05, 0) is 17.7 Å². The summed E-state index contributed by atoms with van der Waals surface area (Å²) in [6, 6.07) is 7.54. The summed E-state index contributed by atoms with van der Waals surface area (Å²) < 4.78 is 5.03. The molecule has 0 aromatic heterocycles. The van der Waals surface area contributed by atoms with Gasteiger partial charge in [0.2, 0.25) is 0 Å². The molecule has 0 radical (unpaired) electrons. The summed E-state index contributed by atoms with van der Waals surface area (Å²) in [6.45, 7) is 1.86. The standard InChI is InChI=1S/C10H12O2/c1-8(7-11)9-4-3-5-10(6-9)12-2/h3-8H,1-2H3. The fourth-order valence-electron chi connectivity index (χ4n) is 1.00. The van der Waals surface area contributed by atoms with Crippen molar-refractivity contribution in [3.05, 3.63) is 29.8 Å². The Kier molecular flexibility index (Phi) is 2.86. The average Bonchev–Trinajstić information content (AvgIpc) is 2.17. The zero-order valence-corrected chi connectivity index (χ0v) is 7.28. The molecule has 0 N–H and O–H groups in total. The third kappa shape index (κ3) is 1.84. The van der Waals surface area contributed by atoms with E-state index in [0.29, 0.717) is 0 Å². The SMILES string of the molecule is COc1cccc(C(C)C=O)c1. The molecule has 0 fully saturated rings. The maximum Gasteiger partial charge on any atom is 0.127 e. The predicted molar refractivity (Wildman–Crippen MR) is 47.5 cm³/mol. The maximum absolute atomic E-state index is 10.5. The molecule has 0 aliphatic carbocycles. The maximum atomic E-state index is 10.5. The van der Waals surface area contributed by atoms with Crippen LogP contribution in [0.4, 0.5) is 0 Å². The molecule has 1 unspecified atom stereocenters. The molecule has 1 aromatic carbocycles. The molecule has 1 aromatic rings. The Morgan fingerprint density at radius 2 is 2.25 bits per heavy atom. The Labute approximate surface area is 72.2 Å². The number of benzene rings is 1. The van der Waals surface area contributed by atoms with Crippen molar-refractivity contribution < 1.29 is 9.53 Å². The smallest absolute Gasteiger partial charge is 0.127 e. The minimum Gasteiger partial charge on any atom is -0.497 e. The third-order valence-electron chi connectivity index (χ3n) is 1.82. The van der Waals surface area contributed by atoms with E-state index in [0.717, 1.165) is 17.6 Å². The van der Waals surface area contributed by atoms with E-state index in [2.05, 4.69) is 0 Å². The van der Waals surface area contributed by atoms with Crippen molar-refractivity contribution in [3.8, 4) is 5.75 Å². The number of ether oxygens (including phenoxy) is 1. The van der Waals surface area contributed by atoms with Gasteiger partial charge in [0.15, 0.2) is 0 Å². The van der Waals surface area contributed by atoms with E-state index in [1.165, 1.54) is 0 Å². The van der Waals surface area contributed by atoms with E-state index in [1.54, 1.807) is 7.11 Å². The number of carbonyl (C=O) groups excluding carboxylic acids is 1. The van der Waals surface area contributed by atoms with Crippen molar-refractivity contribution >= 4 is 6.29 Å². The second kappa shape index (κ2) is 3.90. The van der Waals surface area contributed by atoms with Gasteiger partial charge in [0.1, 0.15) is 12.0 Å². The molecule has 0 saturated heterocycles. The van der Waals surface area contributed by atoms with Crippen molar-refractivity contribution in [1.29, 1.82) is 0 Å². The van der Waals surface area contributed by atoms with Crippen molar-refractivity contribution in [1.82, 2.24) is 0 Å². The van der Waals surface area contributed by atoms with Gasteiger partial charge in [0, 0.05) is 5.92 Å². The number of rotatable bonds is 3. The summed E-state index contributed by atoms with van der Waals surface area (Å²) in [6.07, 6.45) is 0.925. The summed E-state index contributed by atoms with van der Waals surface area (Å²) >= 11 is 0. The lowest BCUT2D eigenvalue weighted by Gasteiger charge is -2.05. The third-order valence-corrected chi connectivity index (χ3v) is 1.82. The van der Waals surface area contributed by atoms with Crippen molar-refractivity contribution in [2.75, 3.05) is 7.11 Å². The molecule has 0 spiro atoms. The Bertz CT molecular complexity index is 268. The van der Waals surface area contributed by atoms with Gasteiger partial charge in [-0.3, -0.25) is 0 Å². The van der Waals surface area contributed by atoms with Gasteiger partial charge in [0.05, 0.1) is 7.11 Å². The molecular weight excluding hydrogens is 152 g/mol. The number of carbonyl (C=O) groups is 1. The Balaban J connectivity index is 2.93. The highest BCUT2D eigenvalue weighted by Gasteiger charge is 2.03. The topological polar surface area (TPSA) is 26.3 Å². The molecule has 0 amide bonds. The minimum absolute atomic E-state index is 0.0555. The lowest BCUT2D eigenvalue weighted by Crippen LogP contribution is -1.94. The minimum atomic E-state index is -0.0555. The number of hydrogen-bond donors (Lipinski definition) is 0. The van der Waals surface area contributed by atoms with Crippen LogP contribution in [-0.2, 0) is 4.79 Å². The largest absolute Gasteiger partial charge is 0.497 e. The van der Waals surface area contributed by atoms with Crippen LogP contribution in [0.2, 0.25) is 0 Å². The summed E-state index contributed by atoms with van der Waals surface area (Å²) in [7, 11) is 1.62. The Morgan fingerprint density at radius 1 is 1.50 bits per heavy atom. The van der Waals surface area contributed by atoms with Crippen molar-refractivity contribution in [3.63, 3.8) is 0 Å². The van der Waals surface area contributed by atoms with E-state index in [4.69, 9.17) is 4.74 Å². The van der Waals surface area contributed by atoms with Crippen LogP contribution in [0, 0.1) is 0 Å². The molecule has 0 saturated carbocycles. The first-order chi connectivity index (χ1) is 5.77. The highest BCUT2D eigenvalue weighted by Crippen LogP contribution is 2.18. The Hall–Kier alpha value is -1.31. The molecule has 2 nitrogen and oxygen atoms in total. The monoisotopic (exact) mass is 164 g/mol. The van der Waals surface area contributed by atoms with Crippen molar-refractivity contribution in [2.45, 2.75) is 12.8 Å². The zero-order chi connectivity index (χ0) is 8.97. The predicted octanol–water partition coefficient (Wildman–Crippen LogP) is 2.00. The molecule has 1 atom stereocenters. The van der Waals surface area contributed by atoms with Crippen LogP contribution in [0.3, 0.4) is 0 Å². The first-order valence-electron chi connectivity index (χ1n) is 3.87. The van der Waals surface area contributed by atoms with Gasteiger partial charge in [-0.1, -0.05) is 19.1 Å². The number of methoxy groups -OCH3 is 1. The summed E-state index contributed by atoms with van der Waals surface area (Å²) in [4.78, 5) is 10.5. The lowest BCUT2D eigenvalue weighted by molar-refractivity contribution is -0.108. The Morgan fingerprint density at radius 3 is 2.83 bits per heavy atom. The molecule has 0 aliphatic heterocycles. The van der Waals surface area contributed by atoms with Crippen LogP contribution in [0.1, 0.15) is 18.4 Å². The van der Waals surface area contributed by atoms with Gasteiger partial charge in [-0.2, -0.15) is 0 Å². The van der Waals surface area contributed by atoms with Crippen LogP contribution in [0.15, 0.2) is 24.3 Å². The number of hydrogen-bond acceptors (Lipinski definition) is 2. The van der Waals surface area contributed by atoms with Gasteiger partial charge < -0.3 is 9.53 Å². The van der Waals surface area contributed by atoms with E-state index in [1.807, 2.05) is 31.2 Å². The molecule has 1 rings (SSSR count). The van der Waals surface area contributed by atoms with E-state index < -0.39 is 0 Å². The molecule has 64 valence electrons. The summed E-state index contributed by atoms with van der Waals surface area (Å²) in [5.74, 6) is 0.737. The first-order valence-corrected chi connectivity index (χ1v) is 3.87. The second-order valence-corrected chi connectivity index (χ2v) is 2.70. The van der Waals surface area contributed by atoms with E-state index in [9.17, 15) is 4.79 Å². The molecular formula is C10H12O2. The van der Waals surface area contributed by atoms with Gasteiger partial charge in [-0.25, -0.2) is 0 Å². The van der Waals surface area contributed by atoms with Crippen LogP contribution >= 0.6 is 0 Å². The summed E-state index contributed by atoms with van der Waals surface area (Å²) in [5.41, 5.74) is 0.990. The van der Waals surface area contributed by atoms with Gasteiger partial charge in [0.25, 0.3) is 0 Å². The fraction of sp³-hybridized carbons (Fsp3) is 0.300. The average molecular weight is 164 g/mol. The molecule has 0 bridgehead atoms. The quantitative estimate of drug-likeness (QED) is 0.639. The lowest BCUT2D eigenvalue weighted by atomic mass is 10.0. The number of aldehydes is 1. The van der Waals surface area contributed by atoms with E-state index in [-0.39, 0.29) is 5.92 Å².